The van der Waals surface area contributed by atoms with E-state index in [1.54, 1.807) is 4.57 Å². The zero-order valence-electron chi connectivity index (χ0n) is 13.8. The number of ether oxygens (including phenoxy) is 1. The van der Waals surface area contributed by atoms with Crippen molar-refractivity contribution in [3.8, 4) is 0 Å². The first-order valence-electron chi connectivity index (χ1n) is 8.63. The maximum Gasteiger partial charge on any atom is 0.309 e. The first-order valence-corrected chi connectivity index (χ1v) is 8.63. The average Bonchev–Trinajstić information content (AvgIpc) is 2.58. The molecule has 6 nitrogen and oxygen atoms in total. The molecule has 0 atom stereocenters. The van der Waals surface area contributed by atoms with Gasteiger partial charge in [0.15, 0.2) is 0 Å². The van der Waals surface area contributed by atoms with Gasteiger partial charge in [-0.05, 0) is 45.7 Å². The molecule has 0 aliphatic carbocycles. The third kappa shape index (κ3) is 3.63. The lowest BCUT2D eigenvalue weighted by Gasteiger charge is -2.21. The Morgan fingerprint density at radius 1 is 1.35 bits per heavy atom. The van der Waals surface area contributed by atoms with Crippen LogP contribution in [0, 0.1) is 12.8 Å². The van der Waals surface area contributed by atoms with Crippen LogP contribution in [0.25, 0.3) is 0 Å². The molecule has 0 aromatic carbocycles. The molecule has 0 saturated carbocycles. The van der Waals surface area contributed by atoms with Gasteiger partial charge >= 0.3 is 5.97 Å². The molecule has 2 aliphatic rings. The molecular weight excluding hydrogens is 294 g/mol. The molecule has 126 valence electrons. The van der Waals surface area contributed by atoms with Crippen molar-refractivity contribution in [1.82, 2.24) is 14.9 Å². The van der Waals surface area contributed by atoms with E-state index < -0.39 is 0 Å². The highest BCUT2D eigenvalue weighted by Crippen LogP contribution is 2.15. The molecule has 1 N–H and O–H groups in total. The molecule has 23 heavy (non-hydrogen) atoms. The van der Waals surface area contributed by atoms with Crippen LogP contribution in [0.1, 0.15) is 42.8 Å². The zero-order chi connectivity index (χ0) is 16.2. The smallest absolute Gasteiger partial charge is 0.309 e. The second-order valence-electron chi connectivity index (χ2n) is 6.45. The van der Waals surface area contributed by atoms with Gasteiger partial charge < -0.3 is 10.1 Å². The Balaban J connectivity index is 1.62. The molecule has 1 fully saturated rings. The zero-order valence-corrected chi connectivity index (χ0v) is 13.8. The van der Waals surface area contributed by atoms with Crippen molar-refractivity contribution in [3.05, 3.63) is 27.4 Å². The summed E-state index contributed by atoms with van der Waals surface area (Å²) in [6.45, 7) is 4.63. The Morgan fingerprint density at radius 2 is 2.13 bits per heavy atom. The van der Waals surface area contributed by atoms with E-state index in [4.69, 9.17) is 4.74 Å². The molecule has 0 bridgehead atoms. The SMILES string of the molecule is Cc1nc2n(c(=O)c1CCOC(=O)C1CCNCC1)CCCC2. The van der Waals surface area contributed by atoms with Crippen LogP contribution in [0.15, 0.2) is 4.79 Å². The van der Waals surface area contributed by atoms with Crippen molar-refractivity contribution in [3.63, 3.8) is 0 Å². The first kappa shape index (κ1) is 16.2. The predicted molar refractivity (Wildman–Crippen MR) is 86.4 cm³/mol. The molecular formula is C17H25N3O3. The van der Waals surface area contributed by atoms with Gasteiger partial charge in [-0.1, -0.05) is 0 Å². The van der Waals surface area contributed by atoms with Gasteiger partial charge in [-0.25, -0.2) is 4.98 Å². The molecule has 6 heteroatoms. The van der Waals surface area contributed by atoms with Gasteiger partial charge in [0.25, 0.3) is 5.56 Å². The summed E-state index contributed by atoms with van der Waals surface area (Å²) in [5, 5.41) is 3.24. The largest absolute Gasteiger partial charge is 0.465 e. The highest BCUT2D eigenvalue weighted by Gasteiger charge is 2.23. The van der Waals surface area contributed by atoms with E-state index >= 15 is 0 Å². The summed E-state index contributed by atoms with van der Waals surface area (Å²) >= 11 is 0. The third-order valence-corrected chi connectivity index (χ3v) is 4.85. The summed E-state index contributed by atoms with van der Waals surface area (Å²) in [5.74, 6) is 0.768. The number of hydrogen-bond acceptors (Lipinski definition) is 5. The molecule has 0 radical (unpaired) electrons. The minimum absolute atomic E-state index is 0.0000943. The molecule has 3 rings (SSSR count). The van der Waals surface area contributed by atoms with E-state index in [2.05, 4.69) is 10.3 Å². The van der Waals surface area contributed by atoms with E-state index in [1.807, 2.05) is 6.92 Å². The monoisotopic (exact) mass is 319 g/mol. The van der Waals surface area contributed by atoms with E-state index in [9.17, 15) is 9.59 Å². The normalized spacial score (nSPS) is 18.5. The fourth-order valence-corrected chi connectivity index (χ4v) is 3.45. The lowest BCUT2D eigenvalue weighted by molar-refractivity contribution is -0.149. The van der Waals surface area contributed by atoms with Crippen molar-refractivity contribution in [2.75, 3.05) is 19.7 Å². The number of carbonyl (C=O) groups is 1. The van der Waals surface area contributed by atoms with E-state index in [0.717, 1.165) is 63.3 Å². The van der Waals surface area contributed by atoms with Gasteiger partial charge in [0.2, 0.25) is 0 Å². The summed E-state index contributed by atoms with van der Waals surface area (Å²) in [4.78, 5) is 29.2. The van der Waals surface area contributed by atoms with Crippen molar-refractivity contribution >= 4 is 5.97 Å². The number of piperidine rings is 1. The van der Waals surface area contributed by atoms with Crippen LogP contribution in [-0.4, -0.2) is 35.2 Å². The number of nitrogens with zero attached hydrogens (tertiary/aromatic N) is 2. The summed E-state index contributed by atoms with van der Waals surface area (Å²) in [6, 6.07) is 0. The Morgan fingerprint density at radius 3 is 2.91 bits per heavy atom. The summed E-state index contributed by atoms with van der Waals surface area (Å²) < 4.78 is 7.19. The van der Waals surface area contributed by atoms with Gasteiger partial charge in [0, 0.05) is 30.6 Å². The molecule has 0 amide bonds. The predicted octanol–water partition coefficient (Wildman–Crippen LogP) is 0.973. The van der Waals surface area contributed by atoms with Gasteiger partial charge in [-0.2, -0.15) is 0 Å². The maximum absolute atomic E-state index is 12.6. The fraction of sp³-hybridized carbons (Fsp3) is 0.706. The molecule has 2 aliphatic heterocycles. The Hall–Kier alpha value is -1.69. The highest BCUT2D eigenvalue weighted by atomic mass is 16.5. The topological polar surface area (TPSA) is 73.2 Å². The number of esters is 1. The van der Waals surface area contributed by atoms with Crippen LogP contribution >= 0.6 is 0 Å². The molecule has 1 aromatic rings. The van der Waals surface area contributed by atoms with E-state index in [-0.39, 0.29) is 24.1 Å². The molecule has 1 aromatic heterocycles. The number of fused-ring (bicyclic) bond motifs is 1. The van der Waals surface area contributed by atoms with Crippen molar-refractivity contribution in [2.45, 2.75) is 52.0 Å². The van der Waals surface area contributed by atoms with Crippen LogP contribution in [0.5, 0.6) is 0 Å². The van der Waals surface area contributed by atoms with Crippen molar-refractivity contribution in [1.29, 1.82) is 0 Å². The molecule has 0 unspecified atom stereocenters. The van der Waals surface area contributed by atoms with E-state index in [0.29, 0.717) is 12.0 Å². The lowest BCUT2D eigenvalue weighted by Crippen LogP contribution is -2.34. The second-order valence-corrected chi connectivity index (χ2v) is 6.45. The minimum atomic E-state index is -0.129. The fourth-order valence-electron chi connectivity index (χ4n) is 3.45. The number of aromatic nitrogens is 2. The second kappa shape index (κ2) is 7.25. The maximum atomic E-state index is 12.6. The van der Waals surface area contributed by atoms with E-state index in [1.165, 1.54) is 0 Å². The summed E-state index contributed by atoms with van der Waals surface area (Å²) in [5.41, 5.74) is 1.51. The Bertz CT molecular complexity index is 633. The van der Waals surface area contributed by atoms with Crippen LogP contribution in [0.2, 0.25) is 0 Å². The van der Waals surface area contributed by atoms with Crippen LogP contribution in [0.3, 0.4) is 0 Å². The number of carbonyl (C=O) groups excluding carboxylic acids is 1. The number of aryl methyl sites for hydroxylation is 2. The van der Waals surface area contributed by atoms with Crippen LogP contribution < -0.4 is 10.9 Å². The first-order chi connectivity index (χ1) is 11.2. The Labute approximate surface area is 136 Å². The number of rotatable bonds is 4. The van der Waals surface area contributed by atoms with Gasteiger partial charge in [0.05, 0.1) is 12.5 Å². The number of nitrogens with one attached hydrogen (secondary N) is 1. The van der Waals surface area contributed by atoms with Crippen LogP contribution in [0.4, 0.5) is 0 Å². The highest BCUT2D eigenvalue weighted by molar-refractivity contribution is 5.72. The quantitative estimate of drug-likeness (QED) is 0.837. The Kier molecular flexibility index (Phi) is 5.10. The summed E-state index contributed by atoms with van der Waals surface area (Å²) in [6.07, 6.45) is 5.12. The van der Waals surface area contributed by atoms with Crippen LogP contribution in [-0.2, 0) is 28.9 Å². The van der Waals surface area contributed by atoms with Crippen molar-refractivity contribution in [2.24, 2.45) is 5.92 Å². The van der Waals surface area contributed by atoms with Crippen molar-refractivity contribution < 1.29 is 9.53 Å². The molecule has 3 heterocycles. The molecule has 0 spiro atoms. The molecule has 1 saturated heterocycles. The standard InChI is InChI=1S/C17H25N3O3/c1-12-14(16(21)20-10-3-2-4-15(20)19-12)7-11-23-17(22)13-5-8-18-9-6-13/h13,18H,2-11H2,1H3. The lowest BCUT2D eigenvalue weighted by atomic mass is 9.98. The summed E-state index contributed by atoms with van der Waals surface area (Å²) in [7, 11) is 0. The number of hydrogen-bond donors (Lipinski definition) is 1. The van der Waals surface area contributed by atoms with Gasteiger partial charge in [-0.3, -0.25) is 14.2 Å². The average molecular weight is 319 g/mol. The third-order valence-electron chi connectivity index (χ3n) is 4.85. The van der Waals surface area contributed by atoms with Gasteiger partial charge in [-0.15, -0.1) is 0 Å². The van der Waals surface area contributed by atoms with Gasteiger partial charge in [0.1, 0.15) is 5.82 Å². The minimum Gasteiger partial charge on any atom is -0.465 e.